The molecule has 2 rings (SSSR count). The van der Waals surface area contributed by atoms with E-state index in [0.717, 1.165) is 11.3 Å². The molecule has 0 atom stereocenters. The zero-order valence-corrected chi connectivity index (χ0v) is 10.2. The third-order valence-corrected chi connectivity index (χ3v) is 3.12. The molecule has 0 N–H and O–H groups in total. The molecule has 2 heteroatoms. The van der Waals surface area contributed by atoms with Gasteiger partial charge < -0.3 is 9.47 Å². The molecular formula is C15H20O2. The summed E-state index contributed by atoms with van der Waals surface area (Å²) in [6.45, 7) is 5.04. The van der Waals surface area contributed by atoms with Crippen LogP contribution < -0.4 is 4.74 Å². The minimum atomic E-state index is 0.474. The highest BCUT2D eigenvalue weighted by Crippen LogP contribution is 2.20. The maximum Gasteiger partial charge on any atom is 0.119 e. The summed E-state index contributed by atoms with van der Waals surface area (Å²) in [6, 6.07) is 7.93. The molecule has 1 aliphatic rings. The number of rotatable bonds is 6. The molecule has 0 radical (unpaired) electrons. The van der Waals surface area contributed by atoms with E-state index >= 15 is 0 Å². The Hall–Kier alpha value is -1.28. The molecule has 0 heterocycles. The van der Waals surface area contributed by atoms with Crippen molar-refractivity contribution >= 4 is 6.08 Å². The lowest BCUT2D eigenvalue weighted by molar-refractivity contribution is 0.0382. The van der Waals surface area contributed by atoms with Crippen molar-refractivity contribution < 1.29 is 9.47 Å². The average Bonchev–Trinajstić information content (AvgIpc) is 2.88. The van der Waals surface area contributed by atoms with E-state index in [4.69, 9.17) is 9.47 Å². The van der Waals surface area contributed by atoms with E-state index in [2.05, 4.69) is 6.58 Å². The van der Waals surface area contributed by atoms with Gasteiger partial charge in [0, 0.05) is 0 Å². The molecule has 1 saturated carbocycles. The maximum absolute atomic E-state index is 5.73. The van der Waals surface area contributed by atoms with Crippen molar-refractivity contribution in [3.8, 4) is 5.75 Å². The molecule has 2 nitrogen and oxygen atoms in total. The Bertz CT molecular complexity index is 336. The van der Waals surface area contributed by atoms with Crippen molar-refractivity contribution in [3.63, 3.8) is 0 Å². The minimum Gasteiger partial charge on any atom is -0.491 e. The van der Waals surface area contributed by atoms with E-state index < -0.39 is 0 Å². The van der Waals surface area contributed by atoms with Crippen LogP contribution in [0.5, 0.6) is 5.75 Å². The summed E-state index contributed by atoms with van der Waals surface area (Å²) in [6.07, 6.45) is 7.36. The minimum absolute atomic E-state index is 0.474. The summed E-state index contributed by atoms with van der Waals surface area (Å²) in [4.78, 5) is 0. The molecule has 0 saturated heterocycles. The maximum atomic E-state index is 5.73. The van der Waals surface area contributed by atoms with Crippen LogP contribution in [0.3, 0.4) is 0 Å². The predicted octanol–water partition coefficient (Wildman–Crippen LogP) is 3.67. The van der Waals surface area contributed by atoms with Crippen molar-refractivity contribution in [2.24, 2.45) is 0 Å². The Labute approximate surface area is 103 Å². The average molecular weight is 232 g/mol. The normalized spacial score (nSPS) is 16.0. The second-order valence-corrected chi connectivity index (χ2v) is 4.40. The zero-order chi connectivity index (χ0) is 11.9. The lowest BCUT2D eigenvalue weighted by atomic mass is 10.2. The molecule has 0 aliphatic heterocycles. The fourth-order valence-electron chi connectivity index (χ4n) is 2.13. The standard InChI is InChI=1S/C15H20O2/c1-2-13-7-9-15(10-8-13)17-12-11-16-14-5-3-4-6-14/h2,7-10,14H,1,3-6,11-12H2. The van der Waals surface area contributed by atoms with Crippen LogP contribution in [0.4, 0.5) is 0 Å². The van der Waals surface area contributed by atoms with Crippen molar-refractivity contribution in [1.29, 1.82) is 0 Å². The molecular weight excluding hydrogens is 212 g/mol. The summed E-state index contributed by atoms with van der Waals surface area (Å²) in [7, 11) is 0. The third-order valence-electron chi connectivity index (χ3n) is 3.12. The van der Waals surface area contributed by atoms with Crippen LogP contribution in [0.15, 0.2) is 30.8 Å². The van der Waals surface area contributed by atoms with Crippen LogP contribution in [0.2, 0.25) is 0 Å². The fourth-order valence-corrected chi connectivity index (χ4v) is 2.13. The quantitative estimate of drug-likeness (QED) is 0.697. The lowest BCUT2D eigenvalue weighted by Gasteiger charge is -2.11. The molecule has 0 amide bonds. The third kappa shape index (κ3) is 3.90. The van der Waals surface area contributed by atoms with Crippen LogP contribution in [0.1, 0.15) is 31.2 Å². The SMILES string of the molecule is C=Cc1ccc(OCCOC2CCCC2)cc1. The summed E-state index contributed by atoms with van der Waals surface area (Å²) in [5.74, 6) is 0.894. The van der Waals surface area contributed by atoms with E-state index in [1.54, 1.807) is 0 Å². The fraction of sp³-hybridized carbons (Fsp3) is 0.467. The van der Waals surface area contributed by atoms with Crippen molar-refractivity contribution in [1.82, 2.24) is 0 Å². The smallest absolute Gasteiger partial charge is 0.119 e. The van der Waals surface area contributed by atoms with E-state index in [-0.39, 0.29) is 0 Å². The van der Waals surface area contributed by atoms with E-state index in [1.165, 1.54) is 25.7 Å². The largest absolute Gasteiger partial charge is 0.491 e. The van der Waals surface area contributed by atoms with Crippen LogP contribution in [-0.4, -0.2) is 19.3 Å². The zero-order valence-electron chi connectivity index (χ0n) is 10.2. The Morgan fingerprint density at radius 3 is 2.47 bits per heavy atom. The Balaban J connectivity index is 1.65. The Kier molecular flexibility index (Phi) is 4.63. The summed E-state index contributed by atoms with van der Waals surface area (Å²) < 4.78 is 11.3. The van der Waals surface area contributed by atoms with Gasteiger partial charge in [-0.2, -0.15) is 0 Å². The first-order valence-electron chi connectivity index (χ1n) is 6.35. The van der Waals surface area contributed by atoms with E-state index in [0.29, 0.717) is 19.3 Å². The van der Waals surface area contributed by atoms with Crippen LogP contribution in [0, 0.1) is 0 Å². The molecule has 1 aromatic carbocycles. The molecule has 0 spiro atoms. The molecule has 17 heavy (non-hydrogen) atoms. The van der Waals surface area contributed by atoms with Gasteiger partial charge in [-0.1, -0.05) is 37.6 Å². The number of benzene rings is 1. The van der Waals surface area contributed by atoms with Gasteiger partial charge in [0.1, 0.15) is 12.4 Å². The van der Waals surface area contributed by atoms with Crippen LogP contribution in [-0.2, 0) is 4.74 Å². The van der Waals surface area contributed by atoms with Gasteiger partial charge in [0.15, 0.2) is 0 Å². The lowest BCUT2D eigenvalue weighted by Crippen LogP contribution is -2.13. The second kappa shape index (κ2) is 6.45. The molecule has 1 aromatic rings. The van der Waals surface area contributed by atoms with Gasteiger partial charge in [-0.15, -0.1) is 0 Å². The molecule has 0 bridgehead atoms. The van der Waals surface area contributed by atoms with Gasteiger partial charge in [-0.25, -0.2) is 0 Å². The van der Waals surface area contributed by atoms with Gasteiger partial charge >= 0.3 is 0 Å². The molecule has 92 valence electrons. The number of hydrogen-bond donors (Lipinski definition) is 0. The number of hydrogen-bond acceptors (Lipinski definition) is 2. The van der Waals surface area contributed by atoms with Crippen molar-refractivity contribution in [2.45, 2.75) is 31.8 Å². The van der Waals surface area contributed by atoms with Crippen LogP contribution in [0.25, 0.3) is 6.08 Å². The number of ether oxygens (including phenoxy) is 2. The first kappa shape index (κ1) is 12.2. The molecule has 1 aliphatic carbocycles. The topological polar surface area (TPSA) is 18.5 Å². The highest BCUT2D eigenvalue weighted by Gasteiger charge is 2.14. The molecule has 1 fully saturated rings. The first-order chi connectivity index (χ1) is 8.38. The predicted molar refractivity (Wildman–Crippen MR) is 70.2 cm³/mol. The van der Waals surface area contributed by atoms with Crippen molar-refractivity contribution in [2.75, 3.05) is 13.2 Å². The first-order valence-corrected chi connectivity index (χ1v) is 6.35. The van der Waals surface area contributed by atoms with Gasteiger partial charge in [0.2, 0.25) is 0 Å². The summed E-state index contributed by atoms with van der Waals surface area (Å²) in [5, 5.41) is 0. The van der Waals surface area contributed by atoms with Gasteiger partial charge in [-0.3, -0.25) is 0 Å². The molecule has 0 unspecified atom stereocenters. The highest BCUT2D eigenvalue weighted by molar-refractivity contribution is 5.48. The monoisotopic (exact) mass is 232 g/mol. The van der Waals surface area contributed by atoms with Gasteiger partial charge in [-0.05, 0) is 30.5 Å². The Morgan fingerprint density at radius 1 is 1.12 bits per heavy atom. The Morgan fingerprint density at radius 2 is 1.82 bits per heavy atom. The van der Waals surface area contributed by atoms with Gasteiger partial charge in [0.25, 0.3) is 0 Å². The van der Waals surface area contributed by atoms with Crippen molar-refractivity contribution in [3.05, 3.63) is 36.4 Å². The summed E-state index contributed by atoms with van der Waals surface area (Å²) >= 11 is 0. The van der Waals surface area contributed by atoms with Crippen LogP contribution >= 0.6 is 0 Å². The molecule has 0 aromatic heterocycles. The van der Waals surface area contributed by atoms with Gasteiger partial charge in [0.05, 0.1) is 12.7 Å². The van der Waals surface area contributed by atoms with E-state index in [9.17, 15) is 0 Å². The highest BCUT2D eigenvalue weighted by atomic mass is 16.5. The summed E-state index contributed by atoms with van der Waals surface area (Å²) in [5.41, 5.74) is 1.11. The second-order valence-electron chi connectivity index (χ2n) is 4.40. The van der Waals surface area contributed by atoms with E-state index in [1.807, 2.05) is 30.3 Å².